The fourth-order valence-electron chi connectivity index (χ4n) is 1.24. The molecule has 0 fully saturated rings. The molecule has 0 aliphatic rings. The Balaban J connectivity index is 2.57. The molecule has 0 aliphatic heterocycles. The van der Waals surface area contributed by atoms with Gasteiger partial charge in [0.25, 0.3) is 0 Å². The SMILES string of the molecule is Cc1cc(-c2ccoc2)c(N)cn1. The highest BCUT2D eigenvalue weighted by molar-refractivity contribution is 5.75. The molecule has 2 N–H and O–H groups in total. The van der Waals surface area contributed by atoms with Crippen LogP contribution in [0.5, 0.6) is 0 Å². The van der Waals surface area contributed by atoms with E-state index in [0.717, 1.165) is 16.8 Å². The lowest BCUT2D eigenvalue weighted by Gasteiger charge is -2.02. The quantitative estimate of drug-likeness (QED) is 0.721. The summed E-state index contributed by atoms with van der Waals surface area (Å²) in [6.07, 6.45) is 4.97. The number of pyridine rings is 1. The van der Waals surface area contributed by atoms with Crippen molar-refractivity contribution >= 4 is 5.69 Å². The number of hydrogen-bond donors (Lipinski definition) is 1. The van der Waals surface area contributed by atoms with Crippen molar-refractivity contribution in [3.8, 4) is 11.1 Å². The Labute approximate surface area is 76.2 Å². The molecule has 0 saturated heterocycles. The maximum absolute atomic E-state index is 5.78. The van der Waals surface area contributed by atoms with E-state index >= 15 is 0 Å². The number of aryl methyl sites for hydroxylation is 1. The van der Waals surface area contributed by atoms with Gasteiger partial charge >= 0.3 is 0 Å². The van der Waals surface area contributed by atoms with Gasteiger partial charge in [0.05, 0.1) is 24.4 Å². The third-order valence-corrected chi connectivity index (χ3v) is 1.90. The molecule has 66 valence electrons. The molecule has 0 bridgehead atoms. The van der Waals surface area contributed by atoms with Crippen molar-refractivity contribution in [1.82, 2.24) is 4.98 Å². The van der Waals surface area contributed by atoms with E-state index in [0.29, 0.717) is 5.69 Å². The molecule has 0 aromatic carbocycles. The van der Waals surface area contributed by atoms with Gasteiger partial charge in [-0.05, 0) is 19.1 Å². The minimum Gasteiger partial charge on any atom is -0.472 e. The van der Waals surface area contributed by atoms with Gasteiger partial charge in [0, 0.05) is 16.8 Å². The van der Waals surface area contributed by atoms with Crippen molar-refractivity contribution in [3.63, 3.8) is 0 Å². The number of anilines is 1. The van der Waals surface area contributed by atoms with Crippen LogP contribution in [0, 0.1) is 6.92 Å². The van der Waals surface area contributed by atoms with Gasteiger partial charge in [-0.2, -0.15) is 0 Å². The average Bonchev–Trinajstić information content (AvgIpc) is 2.61. The van der Waals surface area contributed by atoms with Crippen LogP contribution in [0.1, 0.15) is 5.69 Å². The number of furan rings is 1. The van der Waals surface area contributed by atoms with E-state index in [1.165, 1.54) is 0 Å². The van der Waals surface area contributed by atoms with Crippen molar-refractivity contribution in [2.75, 3.05) is 5.73 Å². The lowest BCUT2D eigenvalue weighted by atomic mass is 10.1. The van der Waals surface area contributed by atoms with Gasteiger partial charge in [-0.1, -0.05) is 0 Å². The summed E-state index contributed by atoms with van der Waals surface area (Å²) < 4.78 is 4.99. The first-order valence-corrected chi connectivity index (χ1v) is 4.02. The Morgan fingerprint density at radius 2 is 2.31 bits per heavy atom. The van der Waals surface area contributed by atoms with E-state index in [2.05, 4.69) is 4.98 Å². The Morgan fingerprint density at radius 1 is 1.46 bits per heavy atom. The Bertz CT molecular complexity index is 407. The van der Waals surface area contributed by atoms with E-state index < -0.39 is 0 Å². The van der Waals surface area contributed by atoms with Crippen LogP contribution >= 0.6 is 0 Å². The predicted octanol–water partition coefficient (Wildman–Crippen LogP) is 2.23. The first kappa shape index (κ1) is 7.86. The molecule has 0 atom stereocenters. The van der Waals surface area contributed by atoms with E-state index in [4.69, 9.17) is 10.2 Å². The summed E-state index contributed by atoms with van der Waals surface area (Å²) in [6, 6.07) is 3.82. The second-order valence-electron chi connectivity index (χ2n) is 2.92. The van der Waals surface area contributed by atoms with Gasteiger partial charge in [-0.3, -0.25) is 4.98 Å². The van der Waals surface area contributed by atoms with Gasteiger partial charge in [-0.25, -0.2) is 0 Å². The maximum atomic E-state index is 5.78. The summed E-state index contributed by atoms with van der Waals surface area (Å²) in [7, 11) is 0. The molecule has 2 heterocycles. The number of nitrogens with two attached hydrogens (primary N) is 1. The molecule has 2 rings (SSSR count). The Hall–Kier alpha value is -1.77. The first-order valence-electron chi connectivity index (χ1n) is 4.02. The lowest BCUT2D eigenvalue weighted by Crippen LogP contribution is -1.92. The van der Waals surface area contributed by atoms with Crippen LogP contribution in [0.15, 0.2) is 35.3 Å². The number of aromatic nitrogens is 1. The fraction of sp³-hybridized carbons (Fsp3) is 0.100. The molecule has 0 amide bonds. The van der Waals surface area contributed by atoms with Crippen LogP contribution in [-0.2, 0) is 0 Å². The van der Waals surface area contributed by atoms with Gasteiger partial charge in [0.1, 0.15) is 0 Å². The van der Waals surface area contributed by atoms with E-state index in [1.807, 2.05) is 19.1 Å². The second-order valence-corrected chi connectivity index (χ2v) is 2.92. The van der Waals surface area contributed by atoms with Crippen molar-refractivity contribution in [2.24, 2.45) is 0 Å². The normalized spacial score (nSPS) is 10.2. The van der Waals surface area contributed by atoms with Crippen LogP contribution < -0.4 is 5.73 Å². The number of nitrogen functional groups attached to an aromatic ring is 1. The average molecular weight is 174 g/mol. The van der Waals surface area contributed by atoms with Crippen LogP contribution in [-0.4, -0.2) is 4.98 Å². The summed E-state index contributed by atoms with van der Waals surface area (Å²) in [5.41, 5.74) is 9.36. The zero-order valence-corrected chi connectivity index (χ0v) is 7.32. The van der Waals surface area contributed by atoms with Crippen LogP contribution in [0.25, 0.3) is 11.1 Å². The molecule has 2 aromatic heterocycles. The van der Waals surface area contributed by atoms with Crippen molar-refractivity contribution < 1.29 is 4.42 Å². The van der Waals surface area contributed by atoms with Gasteiger partial charge in [0.2, 0.25) is 0 Å². The summed E-state index contributed by atoms with van der Waals surface area (Å²) in [4.78, 5) is 4.09. The highest BCUT2D eigenvalue weighted by Gasteiger charge is 2.03. The lowest BCUT2D eigenvalue weighted by molar-refractivity contribution is 0.568. The van der Waals surface area contributed by atoms with E-state index in [1.54, 1.807) is 18.7 Å². The molecule has 3 nitrogen and oxygen atoms in total. The highest BCUT2D eigenvalue weighted by Crippen LogP contribution is 2.25. The molecule has 0 saturated carbocycles. The largest absolute Gasteiger partial charge is 0.472 e. The summed E-state index contributed by atoms with van der Waals surface area (Å²) >= 11 is 0. The number of hydrogen-bond acceptors (Lipinski definition) is 3. The molecule has 0 unspecified atom stereocenters. The minimum absolute atomic E-state index is 0.673. The maximum Gasteiger partial charge on any atom is 0.0981 e. The fourth-order valence-corrected chi connectivity index (χ4v) is 1.24. The topological polar surface area (TPSA) is 52.0 Å². The first-order chi connectivity index (χ1) is 6.27. The van der Waals surface area contributed by atoms with E-state index in [9.17, 15) is 0 Å². The summed E-state index contributed by atoms with van der Waals surface area (Å²) in [5.74, 6) is 0. The van der Waals surface area contributed by atoms with E-state index in [-0.39, 0.29) is 0 Å². The molecular formula is C10H10N2O. The van der Waals surface area contributed by atoms with Crippen LogP contribution in [0.3, 0.4) is 0 Å². The summed E-state index contributed by atoms with van der Waals surface area (Å²) in [6.45, 7) is 1.93. The van der Waals surface area contributed by atoms with Gasteiger partial charge in [-0.15, -0.1) is 0 Å². The monoisotopic (exact) mass is 174 g/mol. The van der Waals surface area contributed by atoms with Crippen molar-refractivity contribution in [3.05, 3.63) is 36.5 Å². The highest BCUT2D eigenvalue weighted by atomic mass is 16.3. The smallest absolute Gasteiger partial charge is 0.0981 e. The zero-order chi connectivity index (χ0) is 9.26. The molecule has 3 heteroatoms. The Kier molecular flexibility index (Phi) is 1.77. The predicted molar refractivity (Wildman–Crippen MR) is 51.1 cm³/mol. The Morgan fingerprint density at radius 3 is 3.00 bits per heavy atom. The summed E-state index contributed by atoms with van der Waals surface area (Å²) in [5, 5.41) is 0. The standard InChI is InChI=1S/C10H10N2O/c1-7-4-9(10(11)5-12-7)8-2-3-13-6-8/h2-6H,11H2,1H3. The van der Waals surface area contributed by atoms with Crippen LogP contribution in [0.2, 0.25) is 0 Å². The van der Waals surface area contributed by atoms with Gasteiger partial charge < -0.3 is 10.2 Å². The minimum atomic E-state index is 0.673. The number of nitrogens with zero attached hydrogens (tertiary/aromatic N) is 1. The third kappa shape index (κ3) is 1.40. The third-order valence-electron chi connectivity index (χ3n) is 1.90. The molecule has 0 spiro atoms. The van der Waals surface area contributed by atoms with Gasteiger partial charge in [0.15, 0.2) is 0 Å². The molecule has 0 aliphatic carbocycles. The molecule has 0 radical (unpaired) electrons. The molecule has 13 heavy (non-hydrogen) atoms. The number of rotatable bonds is 1. The molecular weight excluding hydrogens is 164 g/mol. The molecule has 2 aromatic rings. The zero-order valence-electron chi connectivity index (χ0n) is 7.32. The van der Waals surface area contributed by atoms with Crippen molar-refractivity contribution in [2.45, 2.75) is 6.92 Å². The van der Waals surface area contributed by atoms with Crippen molar-refractivity contribution in [1.29, 1.82) is 0 Å². The second kappa shape index (κ2) is 2.94. The van der Waals surface area contributed by atoms with Crippen LogP contribution in [0.4, 0.5) is 5.69 Å².